The normalized spacial score (nSPS) is 12.6. The van der Waals surface area contributed by atoms with E-state index < -0.39 is 0 Å². The molecular weight excluding hydrogens is 115 g/mol. The lowest BCUT2D eigenvalue weighted by molar-refractivity contribution is 0.627. The van der Waals surface area contributed by atoms with E-state index in [1.54, 1.807) is 6.07 Å². The van der Waals surface area contributed by atoms with Crippen LogP contribution in [-0.4, -0.2) is 0 Å². The third kappa shape index (κ3) is 0.578. The summed E-state index contributed by atoms with van der Waals surface area (Å²) in [5.74, 6) is -0.155. The highest BCUT2D eigenvalue weighted by Gasteiger charge is 2.03. The molecule has 0 spiro atoms. The monoisotopic (exact) mass is 120 g/mol. The molecule has 0 nitrogen and oxygen atoms in total. The van der Waals surface area contributed by atoms with Gasteiger partial charge in [-0.25, -0.2) is 4.39 Å². The fourth-order valence-corrected chi connectivity index (χ4v) is 0.925. The van der Waals surface area contributed by atoms with Crippen molar-refractivity contribution in [3.63, 3.8) is 0 Å². The van der Waals surface area contributed by atoms with Gasteiger partial charge in [0.1, 0.15) is 5.82 Å². The van der Waals surface area contributed by atoms with Crippen LogP contribution in [0.1, 0.15) is 11.1 Å². The second-order valence-electron chi connectivity index (χ2n) is 2.11. The van der Waals surface area contributed by atoms with Crippen molar-refractivity contribution < 1.29 is 4.39 Å². The molecule has 1 aliphatic rings. The molecule has 2 rings (SSSR count). The first-order chi connectivity index (χ1) is 4.36. The Balaban J connectivity index is 2.63. The minimum Gasteiger partial charge on any atom is -0.207 e. The second-order valence-corrected chi connectivity index (χ2v) is 2.11. The van der Waals surface area contributed by atoms with Crippen molar-refractivity contribution in [2.75, 3.05) is 0 Å². The van der Waals surface area contributed by atoms with Crippen molar-refractivity contribution in [1.29, 1.82) is 0 Å². The molecule has 0 bridgehead atoms. The topological polar surface area (TPSA) is 0 Å². The predicted octanol–water partition coefficient (Wildman–Crippen LogP) is 2.31. The second kappa shape index (κ2) is 1.44. The highest BCUT2D eigenvalue weighted by Crippen LogP contribution is 2.23. The molecule has 1 aliphatic carbocycles. The van der Waals surface area contributed by atoms with E-state index in [0.29, 0.717) is 0 Å². The Morgan fingerprint density at radius 3 is 2.22 bits per heavy atom. The molecule has 0 aliphatic heterocycles. The molecule has 0 unspecified atom stereocenters. The molecule has 0 saturated carbocycles. The Hall–Kier alpha value is -1.11. The van der Waals surface area contributed by atoms with Crippen molar-refractivity contribution in [3.05, 3.63) is 35.1 Å². The molecule has 0 heterocycles. The molecular formula is C8H5F. The number of hydrogen-bond donors (Lipinski definition) is 0. The minimum atomic E-state index is -0.155. The summed E-state index contributed by atoms with van der Waals surface area (Å²) in [6.45, 7) is 0. The van der Waals surface area contributed by atoms with E-state index in [0.717, 1.165) is 11.1 Å². The Morgan fingerprint density at radius 1 is 1.00 bits per heavy atom. The first kappa shape index (κ1) is 4.74. The van der Waals surface area contributed by atoms with Gasteiger partial charge in [-0.2, -0.15) is 0 Å². The van der Waals surface area contributed by atoms with Gasteiger partial charge in [0.2, 0.25) is 0 Å². The summed E-state index contributed by atoms with van der Waals surface area (Å²) in [4.78, 5) is 0. The van der Waals surface area contributed by atoms with Crippen LogP contribution in [-0.2, 0) is 0 Å². The molecule has 1 heteroatoms. The third-order valence-corrected chi connectivity index (χ3v) is 1.49. The Kier molecular flexibility index (Phi) is 0.758. The van der Waals surface area contributed by atoms with Crippen LogP contribution in [0.4, 0.5) is 4.39 Å². The van der Waals surface area contributed by atoms with E-state index in [2.05, 4.69) is 0 Å². The standard InChI is InChI=1S/C8H5F/c9-8-4-3-6-1-2-7(6)5-8/h1-5H. The van der Waals surface area contributed by atoms with E-state index in [-0.39, 0.29) is 5.82 Å². The maximum atomic E-state index is 12.3. The summed E-state index contributed by atoms with van der Waals surface area (Å²) in [5.41, 5.74) is 2.14. The lowest BCUT2D eigenvalue weighted by Crippen LogP contribution is -1.89. The van der Waals surface area contributed by atoms with Crippen molar-refractivity contribution in [2.24, 2.45) is 0 Å². The maximum Gasteiger partial charge on any atom is 0.123 e. The molecule has 1 aromatic rings. The SMILES string of the molecule is Fc1ccc2c(c1)C=C2. The van der Waals surface area contributed by atoms with Crippen LogP contribution in [0.25, 0.3) is 12.2 Å². The smallest absolute Gasteiger partial charge is 0.123 e. The minimum absolute atomic E-state index is 0.155. The van der Waals surface area contributed by atoms with Gasteiger partial charge in [0.05, 0.1) is 0 Å². The molecule has 0 aromatic heterocycles. The van der Waals surface area contributed by atoms with Gasteiger partial charge in [-0.3, -0.25) is 0 Å². The zero-order valence-corrected chi connectivity index (χ0v) is 4.76. The predicted molar refractivity (Wildman–Crippen MR) is 35.3 cm³/mol. The third-order valence-electron chi connectivity index (χ3n) is 1.49. The lowest BCUT2D eigenvalue weighted by atomic mass is 9.98. The van der Waals surface area contributed by atoms with E-state index in [4.69, 9.17) is 0 Å². The summed E-state index contributed by atoms with van der Waals surface area (Å²) in [6, 6.07) is 4.79. The first-order valence-corrected chi connectivity index (χ1v) is 2.84. The van der Waals surface area contributed by atoms with Crippen molar-refractivity contribution in [2.45, 2.75) is 0 Å². The molecule has 1 aromatic carbocycles. The lowest BCUT2D eigenvalue weighted by Gasteiger charge is -2.07. The van der Waals surface area contributed by atoms with Gasteiger partial charge < -0.3 is 0 Å². The van der Waals surface area contributed by atoms with Gasteiger partial charge >= 0.3 is 0 Å². The molecule has 0 atom stereocenters. The Morgan fingerprint density at radius 2 is 1.78 bits per heavy atom. The van der Waals surface area contributed by atoms with Crippen LogP contribution in [0.5, 0.6) is 0 Å². The number of fused-ring (bicyclic) bond motifs is 1. The van der Waals surface area contributed by atoms with Gasteiger partial charge in [-0.1, -0.05) is 18.2 Å². The van der Waals surface area contributed by atoms with Crippen molar-refractivity contribution in [1.82, 2.24) is 0 Å². The van der Waals surface area contributed by atoms with Crippen LogP contribution in [0, 0.1) is 5.82 Å². The molecule has 0 N–H and O–H groups in total. The van der Waals surface area contributed by atoms with Gasteiger partial charge in [0, 0.05) is 0 Å². The van der Waals surface area contributed by atoms with Crippen LogP contribution < -0.4 is 0 Å². The number of rotatable bonds is 0. The Labute approximate surface area is 52.6 Å². The maximum absolute atomic E-state index is 12.3. The van der Waals surface area contributed by atoms with Crippen LogP contribution in [0.2, 0.25) is 0 Å². The average molecular weight is 120 g/mol. The number of halogens is 1. The van der Waals surface area contributed by atoms with Gasteiger partial charge in [-0.05, 0) is 23.3 Å². The largest absolute Gasteiger partial charge is 0.207 e. The molecule has 0 fully saturated rings. The quantitative estimate of drug-likeness (QED) is 0.500. The van der Waals surface area contributed by atoms with Crippen LogP contribution >= 0.6 is 0 Å². The fourth-order valence-electron chi connectivity index (χ4n) is 0.925. The molecule has 0 radical (unpaired) electrons. The fraction of sp³-hybridized carbons (Fsp3) is 0. The molecule has 0 amide bonds. The number of hydrogen-bond acceptors (Lipinski definition) is 0. The van der Waals surface area contributed by atoms with Gasteiger partial charge in [0.15, 0.2) is 0 Å². The van der Waals surface area contributed by atoms with Crippen LogP contribution in [0.15, 0.2) is 18.2 Å². The Bertz CT molecular complexity index is 274. The zero-order chi connectivity index (χ0) is 6.27. The molecule has 0 saturated heterocycles. The van der Waals surface area contributed by atoms with E-state index >= 15 is 0 Å². The summed E-state index contributed by atoms with van der Waals surface area (Å²) >= 11 is 0. The average Bonchev–Trinajstić information content (AvgIpc) is 1.78. The van der Waals surface area contributed by atoms with Crippen molar-refractivity contribution >= 4 is 12.2 Å². The summed E-state index contributed by atoms with van der Waals surface area (Å²) in [7, 11) is 0. The summed E-state index contributed by atoms with van der Waals surface area (Å²) in [6.07, 6.45) is 3.87. The van der Waals surface area contributed by atoms with Crippen LogP contribution in [0.3, 0.4) is 0 Å². The number of benzene rings is 1. The highest BCUT2D eigenvalue weighted by molar-refractivity contribution is 5.85. The van der Waals surface area contributed by atoms with E-state index in [1.165, 1.54) is 12.1 Å². The molecule has 9 heavy (non-hydrogen) atoms. The summed E-state index contributed by atoms with van der Waals surface area (Å²) < 4.78 is 12.3. The van der Waals surface area contributed by atoms with Gasteiger partial charge in [0.25, 0.3) is 0 Å². The zero-order valence-electron chi connectivity index (χ0n) is 4.76. The summed E-state index contributed by atoms with van der Waals surface area (Å²) in [5, 5.41) is 0. The highest BCUT2D eigenvalue weighted by atomic mass is 19.1. The van der Waals surface area contributed by atoms with Crippen molar-refractivity contribution in [3.8, 4) is 0 Å². The van der Waals surface area contributed by atoms with Gasteiger partial charge in [-0.15, -0.1) is 0 Å². The van der Waals surface area contributed by atoms with E-state index in [1.807, 2.05) is 12.2 Å². The molecule has 44 valence electrons. The van der Waals surface area contributed by atoms with E-state index in [9.17, 15) is 4.39 Å². The first-order valence-electron chi connectivity index (χ1n) is 2.84.